The third-order valence-corrected chi connectivity index (χ3v) is 4.46. The van der Waals surface area contributed by atoms with E-state index in [1.807, 2.05) is 66.7 Å². The summed E-state index contributed by atoms with van der Waals surface area (Å²) in [6.45, 7) is 1.34. The number of ether oxygens (including phenoxy) is 1. The summed E-state index contributed by atoms with van der Waals surface area (Å²) >= 11 is 5.88. The Labute approximate surface area is 170 Å². The highest BCUT2D eigenvalue weighted by Gasteiger charge is 2.02. The number of hydrogen-bond donors (Lipinski definition) is 2. The first-order valence-corrected chi connectivity index (χ1v) is 9.59. The van der Waals surface area contributed by atoms with Crippen molar-refractivity contribution in [3.8, 4) is 5.75 Å². The first-order valence-electron chi connectivity index (χ1n) is 9.21. The highest BCUT2D eigenvalue weighted by molar-refractivity contribution is 6.30. The predicted octanol–water partition coefficient (Wildman–Crippen LogP) is 4.69. The number of carbonyl (C=O) groups excluding carboxylic acids is 1. The molecule has 0 aliphatic rings. The molecule has 0 saturated carbocycles. The number of nitrogens with one attached hydrogen (secondary N) is 2. The lowest BCUT2D eigenvalue weighted by molar-refractivity contribution is -0.119. The van der Waals surface area contributed by atoms with Gasteiger partial charge in [0.05, 0.1) is 6.54 Å². The second-order valence-electron chi connectivity index (χ2n) is 6.38. The van der Waals surface area contributed by atoms with Crippen LogP contribution >= 0.6 is 11.6 Å². The predicted molar refractivity (Wildman–Crippen MR) is 114 cm³/mol. The summed E-state index contributed by atoms with van der Waals surface area (Å²) in [7, 11) is 0. The molecule has 0 fully saturated rings. The third-order valence-electron chi connectivity index (χ3n) is 4.20. The quantitative estimate of drug-likeness (QED) is 0.553. The fourth-order valence-electron chi connectivity index (χ4n) is 2.65. The number of rotatable bonds is 9. The normalized spacial score (nSPS) is 10.3. The van der Waals surface area contributed by atoms with E-state index in [4.69, 9.17) is 16.3 Å². The maximum absolute atomic E-state index is 11.9. The minimum atomic E-state index is -0.0287. The number of anilines is 1. The van der Waals surface area contributed by atoms with Gasteiger partial charge in [-0.25, -0.2) is 0 Å². The minimum absolute atomic E-state index is 0.0287. The molecule has 0 aliphatic heterocycles. The van der Waals surface area contributed by atoms with Gasteiger partial charge in [-0.3, -0.25) is 4.79 Å². The van der Waals surface area contributed by atoms with Crippen molar-refractivity contribution < 1.29 is 9.53 Å². The zero-order valence-electron chi connectivity index (χ0n) is 15.5. The molecule has 1 amide bonds. The van der Waals surface area contributed by atoms with Crippen LogP contribution in [0, 0.1) is 0 Å². The number of amides is 1. The Morgan fingerprint density at radius 2 is 1.57 bits per heavy atom. The summed E-state index contributed by atoms with van der Waals surface area (Å²) in [5.41, 5.74) is 3.14. The van der Waals surface area contributed by atoms with Crippen molar-refractivity contribution in [1.29, 1.82) is 0 Å². The molecule has 3 rings (SSSR count). The fourth-order valence-corrected chi connectivity index (χ4v) is 2.78. The number of carbonyl (C=O) groups is 1. The molecule has 3 aromatic carbocycles. The van der Waals surface area contributed by atoms with Crippen molar-refractivity contribution in [2.75, 3.05) is 18.4 Å². The van der Waals surface area contributed by atoms with Crippen LogP contribution in [0.5, 0.6) is 5.75 Å². The lowest BCUT2D eigenvalue weighted by atomic mass is 10.1. The maximum atomic E-state index is 11.9. The van der Waals surface area contributed by atoms with Crippen LogP contribution in [-0.4, -0.2) is 19.0 Å². The van der Waals surface area contributed by atoms with E-state index in [1.165, 1.54) is 5.56 Å². The topological polar surface area (TPSA) is 50.4 Å². The molecule has 0 aliphatic carbocycles. The monoisotopic (exact) mass is 394 g/mol. The van der Waals surface area contributed by atoms with Crippen molar-refractivity contribution in [1.82, 2.24) is 5.32 Å². The van der Waals surface area contributed by atoms with Crippen LogP contribution < -0.4 is 15.4 Å². The van der Waals surface area contributed by atoms with Gasteiger partial charge in [-0.1, -0.05) is 54.1 Å². The highest BCUT2D eigenvalue weighted by atomic mass is 35.5. The van der Waals surface area contributed by atoms with E-state index in [-0.39, 0.29) is 12.5 Å². The van der Waals surface area contributed by atoms with E-state index in [1.54, 1.807) is 0 Å². The zero-order valence-corrected chi connectivity index (χ0v) is 16.3. The van der Waals surface area contributed by atoms with Gasteiger partial charge in [0.2, 0.25) is 5.91 Å². The van der Waals surface area contributed by atoms with Crippen LogP contribution in [0.4, 0.5) is 5.69 Å². The van der Waals surface area contributed by atoms with Gasteiger partial charge in [-0.2, -0.15) is 0 Å². The second-order valence-corrected chi connectivity index (χ2v) is 6.82. The number of hydrogen-bond acceptors (Lipinski definition) is 3. The minimum Gasteiger partial charge on any atom is -0.489 e. The molecule has 0 bridgehead atoms. The first-order chi connectivity index (χ1) is 13.7. The molecule has 0 heterocycles. The molecule has 0 unspecified atom stereocenters. The Kier molecular flexibility index (Phi) is 7.33. The molecule has 0 spiro atoms. The maximum Gasteiger partial charge on any atom is 0.239 e. The van der Waals surface area contributed by atoms with Gasteiger partial charge in [0.15, 0.2) is 0 Å². The van der Waals surface area contributed by atoms with Crippen LogP contribution in [0.15, 0.2) is 78.9 Å². The summed E-state index contributed by atoms with van der Waals surface area (Å²) < 4.78 is 5.76. The molecular weight excluding hydrogens is 372 g/mol. The van der Waals surface area contributed by atoms with Crippen molar-refractivity contribution >= 4 is 23.2 Å². The standard InChI is InChI=1S/C23H23ClN2O2/c24-20-8-6-19(7-9-20)17-28-22-12-10-21(11-13-22)26-16-23(27)25-15-14-18-4-2-1-3-5-18/h1-13,26H,14-17H2,(H,25,27). The highest BCUT2D eigenvalue weighted by Crippen LogP contribution is 2.17. The molecule has 0 radical (unpaired) electrons. The molecule has 28 heavy (non-hydrogen) atoms. The van der Waals surface area contributed by atoms with E-state index >= 15 is 0 Å². The van der Waals surface area contributed by atoms with Gasteiger partial charge in [0.1, 0.15) is 12.4 Å². The van der Waals surface area contributed by atoms with E-state index in [9.17, 15) is 4.79 Å². The lowest BCUT2D eigenvalue weighted by Crippen LogP contribution is -2.31. The molecule has 2 N–H and O–H groups in total. The molecule has 0 aromatic heterocycles. The van der Waals surface area contributed by atoms with Gasteiger partial charge in [-0.05, 0) is 53.9 Å². The Hall–Kier alpha value is -2.98. The Bertz CT molecular complexity index is 865. The van der Waals surface area contributed by atoms with Crippen molar-refractivity contribution in [3.63, 3.8) is 0 Å². The Balaban J connectivity index is 1.36. The van der Waals surface area contributed by atoms with Crippen LogP contribution in [0.1, 0.15) is 11.1 Å². The lowest BCUT2D eigenvalue weighted by Gasteiger charge is -2.10. The van der Waals surface area contributed by atoms with E-state index in [0.29, 0.717) is 18.2 Å². The van der Waals surface area contributed by atoms with Crippen LogP contribution in [0.2, 0.25) is 5.02 Å². The average molecular weight is 395 g/mol. The van der Waals surface area contributed by atoms with Gasteiger partial charge >= 0.3 is 0 Å². The Morgan fingerprint density at radius 3 is 2.29 bits per heavy atom. The van der Waals surface area contributed by atoms with Crippen molar-refractivity contribution in [2.45, 2.75) is 13.0 Å². The molecule has 144 valence electrons. The first kappa shape index (κ1) is 19.8. The van der Waals surface area contributed by atoms with Crippen LogP contribution in [-0.2, 0) is 17.8 Å². The summed E-state index contributed by atoms with van der Waals surface area (Å²) in [6.07, 6.45) is 0.826. The van der Waals surface area contributed by atoms with Crippen LogP contribution in [0.3, 0.4) is 0 Å². The zero-order chi connectivity index (χ0) is 19.6. The molecule has 3 aromatic rings. The third kappa shape index (κ3) is 6.63. The number of halogens is 1. The summed E-state index contributed by atoms with van der Waals surface area (Å²) in [5.74, 6) is 0.742. The van der Waals surface area contributed by atoms with E-state index in [0.717, 1.165) is 23.4 Å². The second kappa shape index (κ2) is 10.4. The number of benzene rings is 3. The van der Waals surface area contributed by atoms with Gasteiger partial charge in [-0.15, -0.1) is 0 Å². The smallest absolute Gasteiger partial charge is 0.239 e. The van der Waals surface area contributed by atoms with Gasteiger partial charge in [0.25, 0.3) is 0 Å². The Morgan fingerprint density at radius 1 is 0.857 bits per heavy atom. The summed E-state index contributed by atoms with van der Waals surface area (Å²) in [6, 6.07) is 25.2. The summed E-state index contributed by atoms with van der Waals surface area (Å²) in [4.78, 5) is 11.9. The van der Waals surface area contributed by atoms with Gasteiger partial charge in [0, 0.05) is 17.3 Å². The molecule has 0 saturated heterocycles. The fraction of sp³-hybridized carbons (Fsp3) is 0.174. The van der Waals surface area contributed by atoms with E-state index < -0.39 is 0 Å². The molecule has 4 nitrogen and oxygen atoms in total. The van der Waals surface area contributed by atoms with Gasteiger partial charge < -0.3 is 15.4 Å². The SMILES string of the molecule is O=C(CNc1ccc(OCc2ccc(Cl)cc2)cc1)NCCc1ccccc1. The molecule has 5 heteroatoms. The van der Waals surface area contributed by atoms with Crippen LogP contribution in [0.25, 0.3) is 0 Å². The van der Waals surface area contributed by atoms with E-state index in [2.05, 4.69) is 22.8 Å². The van der Waals surface area contributed by atoms with Crippen molar-refractivity contribution in [3.05, 3.63) is 95.0 Å². The average Bonchev–Trinajstić information content (AvgIpc) is 2.73. The van der Waals surface area contributed by atoms with Crippen molar-refractivity contribution in [2.24, 2.45) is 0 Å². The largest absolute Gasteiger partial charge is 0.489 e. The summed E-state index contributed by atoms with van der Waals surface area (Å²) in [5, 5.41) is 6.75. The molecular formula is C23H23ClN2O2. The molecule has 0 atom stereocenters.